The van der Waals surface area contributed by atoms with Crippen molar-refractivity contribution < 1.29 is 9.90 Å². The Bertz CT molecular complexity index is 497. The van der Waals surface area contributed by atoms with Gasteiger partial charge >= 0.3 is 5.97 Å². The molecule has 0 fully saturated rings. The van der Waals surface area contributed by atoms with Crippen LogP contribution < -0.4 is 0 Å². The summed E-state index contributed by atoms with van der Waals surface area (Å²) in [6.45, 7) is 0. The summed E-state index contributed by atoms with van der Waals surface area (Å²) < 4.78 is 3.74. The van der Waals surface area contributed by atoms with Gasteiger partial charge in [-0.3, -0.25) is 0 Å². The Morgan fingerprint density at radius 2 is 2.27 bits per heavy atom. The van der Waals surface area contributed by atoms with Crippen molar-refractivity contribution in [3.05, 3.63) is 29.1 Å². The lowest BCUT2D eigenvalue weighted by Gasteiger charge is -2.02. The molecule has 2 aromatic rings. The summed E-state index contributed by atoms with van der Waals surface area (Å²) in [6.07, 6.45) is 0. The van der Waals surface area contributed by atoms with Crippen molar-refractivity contribution in [2.45, 2.75) is 4.90 Å². The predicted molar refractivity (Wildman–Crippen MR) is 59.6 cm³/mol. The Morgan fingerprint density at radius 1 is 1.47 bits per heavy atom. The van der Waals surface area contributed by atoms with E-state index in [-0.39, 0.29) is 5.56 Å². The molecule has 0 spiro atoms. The molecule has 0 aliphatic carbocycles. The fraction of sp³-hybridized carbons (Fsp3) is 0. The van der Waals surface area contributed by atoms with Crippen LogP contribution >= 0.6 is 24.2 Å². The van der Waals surface area contributed by atoms with E-state index in [1.165, 1.54) is 23.7 Å². The molecular formula is C9H6N2O2S2. The maximum Gasteiger partial charge on any atom is 0.335 e. The highest BCUT2D eigenvalue weighted by atomic mass is 32.1. The summed E-state index contributed by atoms with van der Waals surface area (Å²) in [6, 6.07) is 4.71. The quantitative estimate of drug-likeness (QED) is 0.787. The van der Waals surface area contributed by atoms with E-state index in [4.69, 9.17) is 5.11 Å². The molecule has 4 nitrogen and oxygen atoms in total. The first-order valence-electron chi connectivity index (χ1n) is 4.02. The molecule has 76 valence electrons. The first kappa shape index (κ1) is 10.1. The molecule has 0 unspecified atom stereocenters. The fourth-order valence-electron chi connectivity index (χ4n) is 1.16. The van der Waals surface area contributed by atoms with Crippen LogP contribution in [0.1, 0.15) is 10.4 Å². The summed E-state index contributed by atoms with van der Waals surface area (Å²) >= 11 is 5.46. The van der Waals surface area contributed by atoms with Gasteiger partial charge in [-0.1, -0.05) is 10.6 Å². The second-order valence-corrected chi connectivity index (χ2v) is 3.92. The largest absolute Gasteiger partial charge is 0.478 e. The Balaban J connectivity index is 2.48. The zero-order chi connectivity index (χ0) is 10.8. The highest BCUT2D eigenvalue weighted by Gasteiger charge is 2.09. The van der Waals surface area contributed by atoms with Crippen LogP contribution in [0.25, 0.3) is 11.3 Å². The number of rotatable bonds is 2. The molecule has 0 atom stereocenters. The molecular weight excluding hydrogens is 232 g/mol. The van der Waals surface area contributed by atoms with Crippen LogP contribution in [0.2, 0.25) is 0 Å². The van der Waals surface area contributed by atoms with Gasteiger partial charge in [0.2, 0.25) is 0 Å². The van der Waals surface area contributed by atoms with Crippen molar-refractivity contribution in [3.63, 3.8) is 0 Å². The van der Waals surface area contributed by atoms with Crippen molar-refractivity contribution in [1.29, 1.82) is 0 Å². The molecule has 15 heavy (non-hydrogen) atoms. The number of benzene rings is 1. The van der Waals surface area contributed by atoms with Crippen LogP contribution in [0.3, 0.4) is 0 Å². The molecule has 1 aromatic heterocycles. The van der Waals surface area contributed by atoms with E-state index >= 15 is 0 Å². The molecule has 0 aliphatic heterocycles. The smallest absolute Gasteiger partial charge is 0.335 e. The molecule has 0 radical (unpaired) electrons. The molecule has 6 heteroatoms. The second-order valence-electron chi connectivity index (χ2n) is 2.83. The van der Waals surface area contributed by atoms with E-state index in [1.807, 2.05) is 0 Å². The number of hydrogen-bond donors (Lipinski definition) is 2. The molecule has 0 amide bonds. The van der Waals surface area contributed by atoms with E-state index < -0.39 is 5.97 Å². The summed E-state index contributed by atoms with van der Waals surface area (Å²) in [7, 11) is 0. The topological polar surface area (TPSA) is 63.1 Å². The molecule has 0 saturated carbocycles. The van der Waals surface area contributed by atoms with Gasteiger partial charge in [-0.15, -0.1) is 17.7 Å². The van der Waals surface area contributed by atoms with Crippen molar-refractivity contribution >= 4 is 30.1 Å². The van der Waals surface area contributed by atoms with Gasteiger partial charge in [0.15, 0.2) is 0 Å². The lowest BCUT2D eigenvalue weighted by molar-refractivity contribution is 0.0696. The van der Waals surface area contributed by atoms with Crippen LogP contribution in [0.4, 0.5) is 0 Å². The van der Waals surface area contributed by atoms with Crippen LogP contribution in [-0.4, -0.2) is 20.7 Å². The molecule has 1 aromatic carbocycles. The maximum atomic E-state index is 10.7. The van der Waals surface area contributed by atoms with Crippen molar-refractivity contribution in [2.24, 2.45) is 0 Å². The van der Waals surface area contributed by atoms with Crippen LogP contribution in [0, 0.1) is 0 Å². The number of carboxylic acid groups (broad SMARTS) is 1. The number of nitrogens with zero attached hydrogens (tertiary/aromatic N) is 2. The number of aromatic carboxylic acids is 1. The average Bonchev–Trinajstić information content (AvgIpc) is 2.70. The summed E-state index contributed by atoms with van der Waals surface area (Å²) in [5, 5.41) is 14.5. The van der Waals surface area contributed by atoms with E-state index in [2.05, 4.69) is 22.2 Å². The van der Waals surface area contributed by atoms with Crippen LogP contribution in [0.5, 0.6) is 0 Å². The number of thiol groups is 1. The van der Waals surface area contributed by atoms with Crippen LogP contribution in [0.15, 0.2) is 28.5 Å². The first-order chi connectivity index (χ1) is 7.18. The van der Waals surface area contributed by atoms with Crippen molar-refractivity contribution in [1.82, 2.24) is 9.59 Å². The van der Waals surface area contributed by atoms with Crippen molar-refractivity contribution in [2.75, 3.05) is 0 Å². The lowest BCUT2D eigenvalue weighted by Crippen LogP contribution is -1.96. The summed E-state index contributed by atoms with van der Waals surface area (Å²) in [5.74, 6) is -0.965. The second kappa shape index (κ2) is 4.00. The Hall–Kier alpha value is -1.40. The Kier molecular flexibility index (Phi) is 2.70. The standard InChI is InChI=1S/C9H6N2O2S2/c12-9(13)5-1-2-6(8(14)3-5)7-4-15-11-10-7/h1-4,14H,(H,12,13). The fourth-order valence-corrected chi connectivity index (χ4v) is 1.95. The van der Waals surface area contributed by atoms with Gasteiger partial charge in [-0.25, -0.2) is 4.79 Å². The van der Waals surface area contributed by atoms with E-state index in [0.29, 0.717) is 10.6 Å². The monoisotopic (exact) mass is 238 g/mol. The first-order valence-corrected chi connectivity index (χ1v) is 5.30. The lowest BCUT2D eigenvalue weighted by atomic mass is 10.1. The van der Waals surface area contributed by atoms with Gasteiger partial charge in [0, 0.05) is 15.8 Å². The van der Waals surface area contributed by atoms with Crippen LogP contribution in [-0.2, 0) is 0 Å². The van der Waals surface area contributed by atoms with Gasteiger partial charge in [0.25, 0.3) is 0 Å². The summed E-state index contributed by atoms with van der Waals surface area (Å²) in [5.41, 5.74) is 1.71. The SMILES string of the molecule is O=C(O)c1ccc(-c2csnn2)c(S)c1. The molecule has 0 bridgehead atoms. The third-order valence-electron chi connectivity index (χ3n) is 1.88. The van der Waals surface area contributed by atoms with Gasteiger partial charge in [0.1, 0.15) is 5.69 Å². The average molecular weight is 238 g/mol. The van der Waals surface area contributed by atoms with Gasteiger partial charge in [-0.05, 0) is 23.7 Å². The highest BCUT2D eigenvalue weighted by molar-refractivity contribution is 7.80. The van der Waals surface area contributed by atoms with Gasteiger partial charge in [0.05, 0.1) is 5.56 Å². The highest BCUT2D eigenvalue weighted by Crippen LogP contribution is 2.26. The molecule has 0 aliphatic rings. The maximum absolute atomic E-state index is 10.7. The number of hydrogen-bond acceptors (Lipinski definition) is 5. The number of aromatic nitrogens is 2. The minimum Gasteiger partial charge on any atom is -0.478 e. The Morgan fingerprint density at radius 3 is 2.80 bits per heavy atom. The Labute approximate surface area is 95.2 Å². The minimum atomic E-state index is -0.965. The normalized spacial score (nSPS) is 10.2. The predicted octanol–water partition coefficient (Wildman–Crippen LogP) is 2.19. The minimum absolute atomic E-state index is 0.215. The summed E-state index contributed by atoms with van der Waals surface area (Å²) in [4.78, 5) is 11.3. The van der Waals surface area contributed by atoms with Gasteiger partial charge in [-0.2, -0.15) is 0 Å². The van der Waals surface area contributed by atoms with Gasteiger partial charge < -0.3 is 5.11 Å². The zero-order valence-corrected chi connectivity index (χ0v) is 9.13. The molecule has 1 N–H and O–H groups in total. The van der Waals surface area contributed by atoms with E-state index in [1.54, 1.807) is 11.4 Å². The molecule has 1 heterocycles. The third kappa shape index (κ3) is 2.00. The number of carbonyl (C=O) groups is 1. The molecule has 2 rings (SSSR count). The molecule has 0 saturated heterocycles. The number of carboxylic acids is 1. The third-order valence-corrected chi connectivity index (χ3v) is 2.76. The zero-order valence-electron chi connectivity index (χ0n) is 7.41. The van der Waals surface area contributed by atoms with E-state index in [0.717, 1.165) is 5.56 Å². The van der Waals surface area contributed by atoms with Crippen molar-refractivity contribution in [3.8, 4) is 11.3 Å². The van der Waals surface area contributed by atoms with E-state index in [9.17, 15) is 4.79 Å².